The first-order chi connectivity index (χ1) is 19.1. The van der Waals surface area contributed by atoms with Gasteiger partial charge in [0.2, 0.25) is 11.8 Å². The van der Waals surface area contributed by atoms with Gasteiger partial charge in [0.25, 0.3) is 0 Å². The minimum absolute atomic E-state index is 0.0521. The summed E-state index contributed by atoms with van der Waals surface area (Å²) in [5.41, 5.74) is 0.779. The van der Waals surface area contributed by atoms with Gasteiger partial charge in [-0.05, 0) is 23.8 Å². The molecule has 1 saturated heterocycles. The standard InChI is InChI=1S/C31H49FN2O6/c1-7-9-15-24(20(3)8-2)27(39-5)18-28(35)34-19-23(32)17-26(34)29(40-6)21(4)30(36)33-25(31(37)38)16-22-13-11-10-12-14-22/h10-14,20-21,23-27,29H,7-9,15-19H2,1-6H3,(H,33,36)(H,37,38)/t20-,21+,23-,24-,25-,26-,27+,29+/m0/s1. The molecule has 226 valence electrons. The number of carboxylic acid groups (broad SMARTS) is 1. The third-order valence-corrected chi connectivity index (χ3v) is 8.49. The molecule has 1 heterocycles. The fourth-order valence-corrected chi connectivity index (χ4v) is 5.89. The van der Waals surface area contributed by atoms with Gasteiger partial charge in [0.05, 0.1) is 37.1 Å². The maximum atomic E-state index is 14.8. The van der Waals surface area contributed by atoms with Crippen molar-refractivity contribution in [3.63, 3.8) is 0 Å². The molecule has 1 aliphatic heterocycles. The summed E-state index contributed by atoms with van der Waals surface area (Å²) in [6.45, 7) is 8.01. The van der Waals surface area contributed by atoms with Crippen LogP contribution in [0.25, 0.3) is 0 Å². The monoisotopic (exact) mass is 564 g/mol. The fourth-order valence-electron chi connectivity index (χ4n) is 5.89. The highest BCUT2D eigenvalue weighted by Crippen LogP contribution is 2.32. The predicted octanol–water partition coefficient (Wildman–Crippen LogP) is 4.65. The number of nitrogens with one attached hydrogen (secondary N) is 1. The average molecular weight is 565 g/mol. The number of rotatable bonds is 17. The molecule has 0 unspecified atom stereocenters. The first-order valence-corrected chi connectivity index (χ1v) is 14.6. The Morgan fingerprint density at radius 2 is 1.80 bits per heavy atom. The molecule has 2 amide bonds. The third-order valence-electron chi connectivity index (χ3n) is 8.49. The summed E-state index contributed by atoms with van der Waals surface area (Å²) in [5.74, 6) is -2.11. The normalized spacial score (nSPS) is 21.7. The van der Waals surface area contributed by atoms with Crippen LogP contribution in [0.4, 0.5) is 4.39 Å². The maximum Gasteiger partial charge on any atom is 0.326 e. The Hall–Kier alpha value is -2.52. The second-order valence-electron chi connectivity index (χ2n) is 11.2. The summed E-state index contributed by atoms with van der Waals surface area (Å²) in [6.07, 6.45) is 2.01. The van der Waals surface area contributed by atoms with Crippen LogP contribution in [0.1, 0.15) is 71.8 Å². The van der Waals surface area contributed by atoms with Crippen LogP contribution in [0.3, 0.4) is 0 Å². The van der Waals surface area contributed by atoms with Crippen molar-refractivity contribution in [2.45, 2.75) is 103 Å². The van der Waals surface area contributed by atoms with Crippen LogP contribution in [-0.2, 0) is 30.3 Å². The van der Waals surface area contributed by atoms with Crippen LogP contribution >= 0.6 is 0 Å². The van der Waals surface area contributed by atoms with Gasteiger partial charge in [0, 0.05) is 27.1 Å². The smallest absolute Gasteiger partial charge is 0.326 e. The molecule has 1 aromatic rings. The van der Waals surface area contributed by atoms with E-state index >= 15 is 0 Å². The van der Waals surface area contributed by atoms with Crippen LogP contribution in [-0.4, -0.2) is 79.0 Å². The highest BCUT2D eigenvalue weighted by molar-refractivity contribution is 5.85. The quantitative estimate of drug-likeness (QED) is 0.286. The van der Waals surface area contributed by atoms with Gasteiger partial charge in [0.15, 0.2) is 0 Å². The van der Waals surface area contributed by atoms with Crippen molar-refractivity contribution in [1.82, 2.24) is 10.2 Å². The van der Waals surface area contributed by atoms with Gasteiger partial charge >= 0.3 is 5.97 Å². The zero-order chi connectivity index (χ0) is 29.8. The number of carbonyl (C=O) groups is 3. The van der Waals surface area contributed by atoms with E-state index in [1.807, 2.05) is 18.2 Å². The van der Waals surface area contributed by atoms with E-state index in [0.717, 1.165) is 31.2 Å². The van der Waals surface area contributed by atoms with Crippen molar-refractivity contribution in [2.75, 3.05) is 20.8 Å². The largest absolute Gasteiger partial charge is 0.480 e. The molecule has 1 aliphatic rings. The minimum Gasteiger partial charge on any atom is -0.480 e. The molecule has 2 N–H and O–H groups in total. The Morgan fingerprint density at radius 1 is 1.12 bits per heavy atom. The molecule has 0 aromatic heterocycles. The molecule has 0 spiro atoms. The molecule has 8 nitrogen and oxygen atoms in total. The topological polar surface area (TPSA) is 105 Å². The van der Waals surface area contributed by atoms with Crippen molar-refractivity contribution >= 4 is 17.8 Å². The summed E-state index contributed by atoms with van der Waals surface area (Å²) >= 11 is 0. The molecule has 1 aromatic carbocycles. The maximum absolute atomic E-state index is 14.8. The number of alkyl halides is 1. The lowest BCUT2D eigenvalue weighted by Crippen LogP contribution is -2.52. The number of hydrogen-bond acceptors (Lipinski definition) is 5. The van der Waals surface area contributed by atoms with E-state index in [2.05, 4.69) is 26.1 Å². The van der Waals surface area contributed by atoms with Crippen molar-refractivity contribution < 1.29 is 33.4 Å². The number of carboxylic acids is 1. The van der Waals surface area contributed by atoms with Gasteiger partial charge in [-0.1, -0.05) is 77.3 Å². The van der Waals surface area contributed by atoms with E-state index < -0.39 is 42.2 Å². The lowest BCUT2D eigenvalue weighted by atomic mass is 9.81. The Kier molecular flexibility index (Phi) is 14.0. The Labute approximate surface area is 239 Å². The number of methoxy groups -OCH3 is 2. The van der Waals surface area contributed by atoms with Gasteiger partial charge in [-0.25, -0.2) is 9.18 Å². The number of ether oxygens (including phenoxy) is 2. The van der Waals surface area contributed by atoms with E-state index in [1.54, 1.807) is 26.2 Å². The number of hydrogen-bond donors (Lipinski definition) is 2. The zero-order valence-electron chi connectivity index (χ0n) is 25.0. The summed E-state index contributed by atoms with van der Waals surface area (Å²) in [6, 6.07) is 7.26. The van der Waals surface area contributed by atoms with Crippen LogP contribution in [0.15, 0.2) is 30.3 Å². The molecule has 8 atom stereocenters. The molecular weight excluding hydrogens is 515 g/mol. The van der Waals surface area contributed by atoms with Crippen molar-refractivity contribution in [3.8, 4) is 0 Å². The van der Waals surface area contributed by atoms with Gasteiger partial charge in [-0.3, -0.25) is 9.59 Å². The number of likely N-dealkylation sites (tertiary alicyclic amines) is 1. The van der Waals surface area contributed by atoms with E-state index in [-0.39, 0.29) is 43.7 Å². The van der Waals surface area contributed by atoms with Gasteiger partial charge in [0.1, 0.15) is 12.2 Å². The second kappa shape index (κ2) is 16.7. The van der Waals surface area contributed by atoms with Gasteiger partial charge in [-0.2, -0.15) is 0 Å². The molecule has 9 heteroatoms. The highest BCUT2D eigenvalue weighted by Gasteiger charge is 2.44. The molecule has 0 saturated carbocycles. The summed E-state index contributed by atoms with van der Waals surface area (Å²) < 4.78 is 26.3. The number of amides is 2. The zero-order valence-corrected chi connectivity index (χ0v) is 25.0. The molecule has 0 radical (unpaired) electrons. The van der Waals surface area contributed by atoms with Crippen LogP contribution in [0, 0.1) is 17.8 Å². The fraction of sp³-hybridized carbons (Fsp3) is 0.710. The number of unbranched alkanes of at least 4 members (excludes halogenated alkanes) is 1. The van der Waals surface area contributed by atoms with E-state index in [9.17, 15) is 23.9 Å². The second-order valence-corrected chi connectivity index (χ2v) is 11.2. The summed E-state index contributed by atoms with van der Waals surface area (Å²) in [4.78, 5) is 40.2. The minimum atomic E-state index is -1.24. The molecule has 2 rings (SSSR count). The highest BCUT2D eigenvalue weighted by atomic mass is 19.1. The van der Waals surface area contributed by atoms with Gasteiger partial charge < -0.3 is 24.8 Å². The molecule has 0 aliphatic carbocycles. The summed E-state index contributed by atoms with van der Waals surface area (Å²) in [7, 11) is 3.06. The first-order valence-electron chi connectivity index (χ1n) is 14.6. The molecule has 1 fully saturated rings. The average Bonchev–Trinajstić information content (AvgIpc) is 3.33. The van der Waals surface area contributed by atoms with Crippen molar-refractivity contribution in [3.05, 3.63) is 35.9 Å². The van der Waals surface area contributed by atoms with Crippen molar-refractivity contribution in [2.24, 2.45) is 17.8 Å². The lowest BCUT2D eigenvalue weighted by Gasteiger charge is -2.36. The number of carbonyl (C=O) groups excluding carboxylic acids is 2. The van der Waals surface area contributed by atoms with Crippen molar-refractivity contribution in [1.29, 1.82) is 0 Å². The summed E-state index contributed by atoms with van der Waals surface area (Å²) in [5, 5.41) is 12.3. The molecule has 40 heavy (non-hydrogen) atoms. The first kappa shape index (κ1) is 33.7. The molecule has 0 bridgehead atoms. The predicted molar refractivity (Wildman–Crippen MR) is 153 cm³/mol. The lowest BCUT2D eigenvalue weighted by molar-refractivity contribution is -0.145. The Bertz CT molecular complexity index is 932. The number of aliphatic carboxylic acids is 1. The van der Waals surface area contributed by atoms with Gasteiger partial charge in [-0.15, -0.1) is 0 Å². The van der Waals surface area contributed by atoms with E-state index in [0.29, 0.717) is 5.92 Å². The van der Waals surface area contributed by atoms with E-state index in [1.165, 1.54) is 12.0 Å². The Morgan fingerprint density at radius 3 is 2.35 bits per heavy atom. The van der Waals surface area contributed by atoms with Crippen LogP contribution in [0.5, 0.6) is 0 Å². The Balaban J connectivity index is 2.16. The third kappa shape index (κ3) is 9.26. The van der Waals surface area contributed by atoms with Crippen LogP contribution in [0.2, 0.25) is 0 Å². The van der Waals surface area contributed by atoms with E-state index in [4.69, 9.17) is 9.47 Å². The molecular formula is C31H49FN2O6. The number of nitrogens with zero attached hydrogens (tertiary/aromatic N) is 1. The SMILES string of the molecule is CCCC[C@@H]([C@@H](C)CC)[C@@H](CC(=O)N1C[C@@H](F)C[C@H]1[C@H](OC)[C@@H](C)C(=O)N[C@@H](Cc1ccccc1)C(=O)O)OC. The van der Waals surface area contributed by atoms with Crippen LogP contribution < -0.4 is 5.32 Å². The number of halogens is 1. The number of benzene rings is 1.